The molecule has 3 nitrogen and oxygen atoms in total. The molecule has 0 spiro atoms. The summed E-state index contributed by atoms with van der Waals surface area (Å²) in [6.45, 7) is 8.96. The highest BCUT2D eigenvalue weighted by Crippen LogP contribution is 2.13. The van der Waals surface area contributed by atoms with E-state index in [0.29, 0.717) is 6.04 Å². The quantitative estimate of drug-likeness (QED) is 0.841. The second-order valence-corrected chi connectivity index (χ2v) is 6.06. The van der Waals surface area contributed by atoms with Crippen LogP contribution in [0.25, 0.3) is 0 Å². The summed E-state index contributed by atoms with van der Waals surface area (Å²) >= 11 is 0. The van der Waals surface area contributed by atoms with Gasteiger partial charge in [0, 0.05) is 12.6 Å². The average Bonchev–Trinajstić information content (AvgIpc) is 2.83. The largest absolute Gasteiger partial charge is 0.463 e. The SMILES string of the molecule is Cc1cccc(CN(C)Cc2ccc(CNC(C)C)o2)c1. The molecule has 0 aliphatic carbocycles. The highest BCUT2D eigenvalue weighted by Gasteiger charge is 2.07. The van der Waals surface area contributed by atoms with Crippen molar-refractivity contribution in [2.45, 2.75) is 46.4 Å². The summed E-state index contributed by atoms with van der Waals surface area (Å²) in [6, 6.07) is 13.3. The van der Waals surface area contributed by atoms with Crippen molar-refractivity contribution in [2.75, 3.05) is 7.05 Å². The van der Waals surface area contributed by atoms with E-state index in [4.69, 9.17) is 4.42 Å². The Morgan fingerprint density at radius 2 is 1.86 bits per heavy atom. The molecular formula is C18H26N2O. The summed E-state index contributed by atoms with van der Waals surface area (Å²) in [6.07, 6.45) is 0. The molecule has 2 rings (SSSR count). The molecule has 1 N–H and O–H groups in total. The lowest BCUT2D eigenvalue weighted by molar-refractivity contribution is 0.282. The second-order valence-electron chi connectivity index (χ2n) is 6.06. The maximum atomic E-state index is 5.86. The van der Waals surface area contributed by atoms with E-state index in [1.165, 1.54) is 11.1 Å². The average molecular weight is 286 g/mol. The summed E-state index contributed by atoms with van der Waals surface area (Å²) < 4.78 is 5.86. The minimum Gasteiger partial charge on any atom is -0.463 e. The van der Waals surface area contributed by atoms with Crippen LogP contribution in [0.2, 0.25) is 0 Å². The van der Waals surface area contributed by atoms with Gasteiger partial charge in [-0.25, -0.2) is 0 Å². The van der Waals surface area contributed by atoms with Crippen LogP contribution >= 0.6 is 0 Å². The van der Waals surface area contributed by atoms with Gasteiger partial charge in [-0.1, -0.05) is 43.7 Å². The third-order valence-corrected chi connectivity index (χ3v) is 3.36. The number of nitrogens with one attached hydrogen (secondary N) is 1. The Morgan fingerprint density at radius 3 is 2.57 bits per heavy atom. The molecule has 0 unspecified atom stereocenters. The fourth-order valence-electron chi connectivity index (χ4n) is 2.35. The van der Waals surface area contributed by atoms with Gasteiger partial charge in [0.05, 0.1) is 13.1 Å². The van der Waals surface area contributed by atoms with Crippen LogP contribution in [0.5, 0.6) is 0 Å². The standard InChI is InChI=1S/C18H26N2O/c1-14(2)19-11-17-8-9-18(21-17)13-20(4)12-16-7-5-6-15(3)10-16/h5-10,14,19H,11-13H2,1-4H3. The Kier molecular flexibility index (Phi) is 5.59. The lowest BCUT2D eigenvalue weighted by atomic mass is 10.1. The monoisotopic (exact) mass is 286 g/mol. The van der Waals surface area contributed by atoms with E-state index in [1.54, 1.807) is 0 Å². The zero-order chi connectivity index (χ0) is 15.2. The van der Waals surface area contributed by atoms with Gasteiger partial charge in [-0.05, 0) is 31.7 Å². The van der Waals surface area contributed by atoms with Gasteiger partial charge in [0.15, 0.2) is 0 Å². The molecule has 0 saturated heterocycles. The van der Waals surface area contributed by atoms with Crippen molar-refractivity contribution in [3.63, 3.8) is 0 Å². The first-order valence-corrected chi connectivity index (χ1v) is 7.58. The molecule has 1 aromatic heterocycles. The summed E-state index contributed by atoms with van der Waals surface area (Å²) in [5.41, 5.74) is 2.65. The van der Waals surface area contributed by atoms with Gasteiger partial charge in [-0.15, -0.1) is 0 Å². The van der Waals surface area contributed by atoms with Crippen molar-refractivity contribution in [3.8, 4) is 0 Å². The first-order chi connectivity index (χ1) is 10.0. The molecule has 1 aromatic carbocycles. The van der Waals surface area contributed by atoms with Crippen LogP contribution in [-0.2, 0) is 19.6 Å². The van der Waals surface area contributed by atoms with Crippen LogP contribution in [0.4, 0.5) is 0 Å². The zero-order valence-corrected chi connectivity index (χ0v) is 13.5. The molecule has 0 radical (unpaired) electrons. The van der Waals surface area contributed by atoms with Crippen molar-refractivity contribution in [1.82, 2.24) is 10.2 Å². The first kappa shape index (κ1) is 15.8. The van der Waals surface area contributed by atoms with Gasteiger partial charge in [0.2, 0.25) is 0 Å². The molecule has 1 heterocycles. The predicted molar refractivity (Wildman–Crippen MR) is 87.0 cm³/mol. The van der Waals surface area contributed by atoms with E-state index in [1.807, 2.05) is 0 Å². The Hall–Kier alpha value is -1.58. The third kappa shape index (κ3) is 5.37. The van der Waals surface area contributed by atoms with E-state index in [2.05, 4.69) is 74.4 Å². The first-order valence-electron chi connectivity index (χ1n) is 7.58. The fourth-order valence-corrected chi connectivity index (χ4v) is 2.35. The topological polar surface area (TPSA) is 28.4 Å². The van der Waals surface area contributed by atoms with Crippen molar-refractivity contribution in [3.05, 3.63) is 59.0 Å². The van der Waals surface area contributed by atoms with E-state index < -0.39 is 0 Å². The van der Waals surface area contributed by atoms with Crippen LogP contribution in [-0.4, -0.2) is 18.0 Å². The summed E-state index contributed by atoms with van der Waals surface area (Å²) in [7, 11) is 2.12. The molecule has 0 aliphatic rings. The summed E-state index contributed by atoms with van der Waals surface area (Å²) in [4.78, 5) is 2.27. The number of benzene rings is 1. The van der Waals surface area contributed by atoms with E-state index in [0.717, 1.165) is 31.2 Å². The van der Waals surface area contributed by atoms with Crippen LogP contribution in [0.3, 0.4) is 0 Å². The molecule has 0 saturated carbocycles. The Morgan fingerprint density at radius 1 is 1.10 bits per heavy atom. The summed E-state index contributed by atoms with van der Waals surface area (Å²) in [5.74, 6) is 2.02. The molecule has 3 heteroatoms. The molecule has 0 amide bonds. The lowest BCUT2D eigenvalue weighted by Crippen LogP contribution is -2.21. The molecular weight excluding hydrogens is 260 g/mol. The van der Waals surface area contributed by atoms with E-state index >= 15 is 0 Å². The lowest BCUT2D eigenvalue weighted by Gasteiger charge is -2.15. The summed E-state index contributed by atoms with van der Waals surface area (Å²) in [5, 5.41) is 3.37. The second kappa shape index (κ2) is 7.43. The van der Waals surface area contributed by atoms with E-state index in [9.17, 15) is 0 Å². The molecule has 21 heavy (non-hydrogen) atoms. The maximum Gasteiger partial charge on any atom is 0.118 e. The van der Waals surface area contributed by atoms with Crippen molar-refractivity contribution in [1.29, 1.82) is 0 Å². The van der Waals surface area contributed by atoms with Crippen molar-refractivity contribution in [2.24, 2.45) is 0 Å². The zero-order valence-electron chi connectivity index (χ0n) is 13.5. The van der Waals surface area contributed by atoms with Gasteiger partial charge in [0.25, 0.3) is 0 Å². The van der Waals surface area contributed by atoms with Crippen LogP contribution < -0.4 is 5.32 Å². The van der Waals surface area contributed by atoms with Crippen LogP contribution in [0.15, 0.2) is 40.8 Å². The van der Waals surface area contributed by atoms with Gasteiger partial charge in [-0.3, -0.25) is 4.90 Å². The van der Waals surface area contributed by atoms with Gasteiger partial charge < -0.3 is 9.73 Å². The normalized spacial score (nSPS) is 11.5. The third-order valence-electron chi connectivity index (χ3n) is 3.36. The van der Waals surface area contributed by atoms with Crippen molar-refractivity contribution < 1.29 is 4.42 Å². The molecule has 0 bridgehead atoms. The Balaban J connectivity index is 1.86. The minimum atomic E-state index is 0.475. The number of furan rings is 1. The molecule has 114 valence electrons. The minimum absolute atomic E-state index is 0.475. The number of hydrogen-bond donors (Lipinski definition) is 1. The number of rotatable bonds is 7. The maximum absolute atomic E-state index is 5.86. The smallest absolute Gasteiger partial charge is 0.118 e. The van der Waals surface area contributed by atoms with Gasteiger partial charge in [0.1, 0.15) is 11.5 Å². The predicted octanol–water partition coefficient (Wildman–Crippen LogP) is 3.72. The number of hydrogen-bond acceptors (Lipinski definition) is 3. The Labute approximate surface area is 128 Å². The Bertz CT molecular complexity index is 560. The van der Waals surface area contributed by atoms with Crippen molar-refractivity contribution >= 4 is 0 Å². The highest BCUT2D eigenvalue weighted by atomic mass is 16.3. The van der Waals surface area contributed by atoms with Crippen LogP contribution in [0, 0.1) is 6.92 Å². The number of aryl methyl sites for hydroxylation is 1. The van der Waals surface area contributed by atoms with Gasteiger partial charge in [-0.2, -0.15) is 0 Å². The molecule has 0 aliphatic heterocycles. The van der Waals surface area contributed by atoms with E-state index in [-0.39, 0.29) is 0 Å². The van der Waals surface area contributed by atoms with Gasteiger partial charge >= 0.3 is 0 Å². The molecule has 0 atom stereocenters. The fraction of sp³-hybridized carbons (Fsp3) is 0.444. The van der Waals surface area contributed by atoms with Crippen LogP contribution in [0.1, 0.15) is 36.5 Å². The highest BCUT2D eigenvalue weighted by molar-refractivity contribution is 5.22. The number of nitrogens with zero attached hydrogens (tertiary/aromatic N) is 1. The molecule has 2 aromatic rings. The molecule has 0 fully saturated rings.